The Morgan fingerprint density at radius 3 is 2.22 bits per heavy atom. The molecule has 1 fully saturated rings. The second kappa shape index (κ2) is 5.38. The molecule has 1 spiro atoms. The molecule has 2 aliphatic rings. The van der Waals surface area contributed by atoms with Crippen molar-refractivity contribution in [2.75, 3.05) is 0 Å². The first-order valence-electron chi connectivity index (χ1n) is 7.62. The van der Waals surface area contributed by atoms with Crippen LogP contribution in [0.5, 0.6) is 0 Å². The predicted molar refractivity (Wildman–Crippen MR) is 85.9 cm³/mol. The SMILES string of the molecule is CC1=CCC2(C(=O)OC(C)(C)OC2=O)[C@@H](c2ccc(Cl)cc2)C1. The van der Waals surface area contributed by atoms with E-state index in [2.05, 4.69) is 0 Å². The summed E-state index contributed by atoms with van der Waals surface area (Å²) in [7, 11) is 0. The van der Waals surface area contributed by atoms with Crippen LogP contribution in [0.1, 0.15) is 45.1 Å². The molecule has 1 aliphatic heterocycles. The molecule has 1 aromatic carbocycles. The molecule has 122 valence electrons. The number of carbonyl (C=O) groups excluding carboxylic acids is 2. The summed E-state index contributed by atoms with van der Waals surface area (Å²) in [5, 5.41) is 0.612. The number of hydrogen-bond acceptors (Lipinski definition) is 4. The minimum absolute atomic E-state index is 0.292. The van der Waals surface area contributed by atoms with Gasteiger partial charge < -0.3 is 9.47 Å². The summed E-state index contributed by atoms with van der Waals surface area (Å²) in [4.78, 5) is 25.6. The van der Waals surface area contributed by atoms with Gasteiger partial charge in [0.2, 0.25) is 0 Å². The molecule has 0 radical (unpaired) electrons. The van der Waals surface area contributed by atoms with E-state index in [4.69, 9.17) is 21.1 Å². The van der Waals surface area contributed by atoms with Crippen molar-refractivity contribution in [3.8, 4) is 0 Å². The normalized spacial score (nSPS) is 25.6. The van der Waals surface area contributed by atoms with Crippen LogP contribution in [-0.4, -0.2) is 17.7 Å². The maximum Gasteiger partial charge on any atom is 0.327 e. The lowest BCUT2D eigenvalue weighted by Gasteiger charge is -2.45. The molecule has 1 aromatic rings. The van der Waals surface area contributed by atoms with Crippen molar-refractivity contribution in [1.82, 2.24) is 0 Å². The Labute approximate surface area is 140 Å². The van der Waals surface area contributed by atoms with Crippen LogP contribution in [-0.2, 0) is 19.1 Å². The molecule has 4 nitrogen and oxygen atoms in total. The highest BCUT2D eigenvalue weighted by Gasteiger charge is 2.61. The molecule has 0 aromatic heterocycles. The van der Waals surface area contributed by atoms with Crippen molar-refractivity contribution in [2.24, 2.45) is 5.41 Å². The van der Waals surface area contributed by atoms with Gasteiger partial charge in [0.25, 0.3) is 5.79 Å². The average Bonchev–Trinajstić information content (AvgIpc) is 2.45. The maximum atomic E-state index is 12.8. The smallest absolute Gasteiger partial charge is 0.327 e. The quantitative estimate of drug-likeness (QED) is 0.443. The van der Waals surface area contributed by atoms with E-state index in [1.807, 2.05) is 25.1 Å². The number of benzene rings is 1. The van der Waals surface area contributed by atoms with Crippen LogP contribution >= 0.6 is 11.6 Å². The van der Waals surface area contributed by atoms with E-state index in [9.17, 15) is 9.59 Å². The first-order valence-corrected chi connectivity index (χ1v) is 8.00. The maximum absolute atomic E-state index is 12.8. The number of esters is 2. The monoisotopic (exact) mass is 334 g/mol. The van der Waals surface area contributed by atoms with Crippen molar-refractivity contribution in [3.63, 3.8) is 0 Å². The highest BCUT2D eigenvalue weighted by atomic mass is 35.5. The fourth-order valence-electron chi connectivity index (χ4n) is 3.34. The van der Waals surface area contributed by atoms with Crippen LogP contribution in [0.2, 0.25) is 5.02 Å². The highest BCUT2D eigenvalue weighted by molar-refractivity contribution is 6.30. The van der Waals surface area contributed by atoms with Crippen molar-refractivity contribution >= 4 is 23.5 Å². The zero-order valence-corrected chi connectivity index (χ0v) is 14.1. The van der Waals surface area contributed by atoms with Gasteiger partial charge in [-0.1, -0.05) is 35.4 Å². The van der Waals surface area contributed by atoms with E-state index >= 15 is 0 Å². The van der Waals surface area contributed by atoms with Gasteiger partial charge in [0.15, 0.2) is 5.41 Å². The topological polar surface area (TPSA) is 52.6 Å². The van der Waals surface area contributed by atoms with E-state index < -0.39 is 23.1 Å². The average molecular weight is 335 g/mol. The number of carbonyl (C=O) groups is 2. The number of allylic oxidation sites excluding steroid dienone is 2. The first kappa shape index (κ1) is 16.1. The number of cyclic esters (lactones) is 2. The molecule has 0 amide bonds. The highest BCUT2D eigenvalue weighted by Crippen LogP contribution is 2.51. The molecule has 0 N–H and O–H groups in total. The summed E-state index contributed by atoms with van der Waals surface area (Å²) in [6.45, 7) is 5.13. The lowest BCUT2D eigenvalue weighted by molar-refractivity contribution is -0.253. The van der Waals surface area contributed by atoms with Gasteiger partial charge in [-0.15, -0.1) is 0 Å². The number of halogens is 1. The van der Waals surface area contributed by atoms with Crippen LogP contribution in [0.15, 0.2) is 35.9 Å². The third-order valence-electron chi connectivity index (χ3n) is 4.57. The minimum atomic E-state index is -1.32. The van der Waals surface area contributed by atoms with Crippen molar-refractivity contribution in [2.45, 2.75) is 45.3 Å². The number of rotatable bonds is 1. The summed E-state index contributed by atoms with van der Waals surface area (Å²) in [6, 6.07) is 7.24. The summed E-state index contributed by atoms with van der Waals surface area (Å²) in [5.41, 5.74) is 0.708. The van der Waals surface area contributed by atoms with Gasteiger partial charge in [-0.2, -0.15) is 0 Å². The van der Waals surface area contributed by atoms with E-state index in [1.54, 1.807) is 26.0 Å². The standard InChI is InChI=1S/C18H19ClO4/c1-11-8-9-18(15(20)22-17(2,3)23-16(18)21)14(10-11)12-4-6-13(19)7-5-12/h4-8,14H,9-10H2,1-3H3/t14-/m1/s1. The van der Waals surface area contributed by atoms with E-state index in [0.29, 0.717) is 17.9 Å². The Balaban J connectivity index is 2.09. The summed E-state index contributed by atoms with van der Waals surface area (Å²) in [6.07, 6.45) is 2.82. The summed E-state index contributed by atoms with van der Waals surface area (Å²) >= 11 is 5.96. The molecule has 5 heteroatoms. The van der Waals surface area contributed by atoms with Gasteiger partial charge in [0.1, 0.15) is 0 Å². The van der Waals surface area contributed by atoms with E-state index in [1.165, 1.54) is 0 Å². The van der Waals surface area contributed by atoms with Gasteiger partial charge >= 0.3 is 11.9 Å². The Hall–Kier alpha value is -1.81. The van der Waals surface area contributed by atoms with E-state index in [0.717, 1.165) is 11.1 Å². The van der Waals surface area contributed by atoms with Crippen molar-refractivity contribution in [1.29, 1.82) is 0 Å². The summed E-state index contributed by atoms with van der Waals surface area (Å²) in [5.74, 6) is -2.56. The number of ether oxygens (including phenoxy) is 2. The molecular weight excluding hydrogens is 316 g/mol. The lowest BCUT2D eigenvalue weighted by atomic mass is 9.64. The van der Waals surface area contributed by atoms with Gasteiger partial charge in [-0.25, -0.2) is 0 Å². The molecule has 1 aliphatic carbocycles. The molecule has 0 bridgehead atoms. The molecule has 0 saturated carbocycles. The molecular formula is C18H19ClO4. The Bertz CT molecular complexity index is 667. The van der Waals surface area contributed by atoms with Crippen LogP contribution in [0, 0.1) is 5.41 Å². The number of hydrogen-bond donors (Lipinski definition) is 0. The van der Waals surface area contributed by atoms with Crippen molar-refractivity contribution in [3.05, 3.63) is 46.5 Å². The zero-order chi connectivity index (χ0) is 16.8. The lowest BCUT2D eigenvalue weighted by Crippen LogP contribution is -2.57. The zero-order valence-electron chi connectivity index (χ0n) is 13.4. The first-order chi connectivity index (χ1) is 10.7. The fraction of sp³-hybridized carbons (Fsp3) is 0.444. The fourth-order valence-corrected chi connectivity index (χ4v) is 3.46. The Kier molecular flexibility index (Phi) is 3.75. The Morgan fingerprint density at radius 2 is 1.65 bits per heavy atom. The second-order valence-corrected chi connectivity index (χ2v) is 7.15. The van der Waals surface area contributed by atoms with Gasteiger partial charge in [-0.3, -0.25) is 9.59 Å². The van der Waals surface area contributed by atoms with Crippen LogP contribution in [0.25, 0.3) is 0 Å². The predicted octanol–water partition coefficient (Wildman–Crippen LogP) is 3.99. The molecule has 1 heterocycles. The van der Waals surface area contributed by atoms with Crippen LogP contribution < -0.4 is 0 Å². The minimum Gasteiger partial charge on any atom is -0.422 e. The molecule has 3 rings (SSSR count). The molecule has 0 unspecified atom stereocenters. The summed E-state index contributed by atoms with van der Waals surface area (Å²) < 4.78 is 10.8. The molecule has 1 atom stereocenters. The van der Waals surface area contributed by atoms with Crippen LogP contribution in [0.4, 0.5) is 0 Å². The van der Waals surface area contributed by atoms with Crippen molar-refractivity contribution < 1.29 is 19.1 Å². The van der Waals surface area contributed by atoms with E-state index in [-0.39, 0.29) is 5.92 Å². The largest absolute Gasteiger partial charge is 0.422 e. The Morgan fingerprint density at radius 1 is 1.09 bits per heavy atom. The second-order valence-electron chi connectivity index (χ2n) is 6.71. The van der Waals surface area contributed by atoms with Crippen LogP contribution in [0.3, 0.4) is 0 Å². The molecule has 23 heavy (non-hydrogen) atoms. The third kappa shape index (κ3) is 2.65. The molecule has 1 saturated heterocycles. The van der Waals surface area contributed by atoms with Gasteiger partial charge in [0, 0.05) is 24.8 Å². The van der Waals surface area contributed by atoms with Gasteiger partial charge in [0.05, 0.1) is 0 Å². The third-order valence-corrected chi connectivity index (χ3v) is 4.82. The van der Waals surface area contributed by atoms with Gasteiger partial charge in [-0.05, 0) is 37.5 Å².